The molecule has 2 rings (SSSR count). The molecule has 0 aromatic carbocycles. The van der Waals surface area contributed by atoms with E-state index in [4.69, 9.17) is 9.84 Å². The Morgan fingerprint density at radius 3 is 2.71 bits per heavy atom. The largest absolute Gasteiger partial charge is 0.396 e. The van der Waals surface area contributed by atoms with Gasteiger partial charge in [0, 0.05) is 12.6 Å². The molecule has 0 unspecified atom stereocenters. The average molecular weight is 201 g/mol. The van der Waals surface area contributed by atoms with Gasteiger partial charge in [0.05, 0.1) is 25.4 Å². The minimum atomic E-state index is -0.380. The topological polar surface area (TPSA) is 61.7 Å². The lowest BCUT2D eigenvalue weighted by atomic mass is 10.0. The Labute approximate surface area is 84.3 Å². The molecule has 2 fully saturated rings. The van der Waals surface area contributed by atoms with E-state index >= 15 is 0 Å². The summed E-state index contributed by atoms with van der Waals surface area (Å²) in [4.78, 5) is 0. The van der Waals surface area contributed by atoms with Crippen molar-refractivity contribution in [3.05, 3.63) is 0 Å². The predicted octanol–water partition coefficient (Wildman–Crippen LogP) is -0.503. The molecule has 1 aliphatic heterocycles. The highest BCUT2D eigenvalue weighted by Crippen LogP contribution is 2.26. The Balaban J connectivity index is 1.83. The van der Waals surface area contributed by atoms with E-state index in [-0.39, 0.29) is 18.8 Å². The van der Waals surface area contributed by atoms with Gasteiger partial charge >= 0.3 is 0 Å². The van der Waals surface area contributed by atoms with Crippen molar-refractivity contribution >= 4 is 0 Å². The van der Waals surface area contributed by atoms with Crippen LogP contribution in [-0.4, -0.2) is 48.2 Å². The van der Waals surface area contributed by atoms with Crippen LogP contribution in [0, 0.1) is 5.92 Å². The van der Waals surface area contributed by atoms with Gasteiger partial charge in [0.2, 0.25) is 0 Å². The van der Waals surface area contributed by atoms with Crippen LogP contribution in [0.4, 0.5) is 0 Å². The first kappa shape index (κ1) is 10.4. The second-order valence-electron chi connectivity index (χ2n) is 4.36. The minimum absolute atomic E-state index is 0.0622. The van der Waals surface area contributed by atoms with E-state index in [9.17, 15) is 5.11 Å². The normalized spacial score (nSPS) is 43.3. The molecule has 0 bridgehead atoms. The summed E-state index contributed by atoms with van der Waals surface area (Å²) < 4.78 is 5.17. The second-order valence-corrected chi connectivity index (χ2v) is 4.36. The van der Waals surface area contributed by atoms with E-state index in [2.05, 4.69) is 5.32 Å². The van der Waals surface area contributed by atoms with Crippen molar-refractivity contribution in [3.8, 4) is 0 Å². The van der Waals surface area contributed by atoms with E-state index in [1.165, 1.54) is 6.42 Å². The highest BCUT2D eigenvalue weighted by atomic mass is 16.5. The Hall–Kier alpha value is -0.160. The van der Waals surface area contributed by atoms with Crippen molar-refractivity contribution in [1.29, 1.82) is 0 Å². The molecule has 82 valence electrons. The fraction of sp³-hybridized carbons (Fsp3) is 1.00. The van der Waals surface area contributed by atoms with Gasteiger partial charge in [0.25, 0.3) is 0 Å². The Morgan fingerprint density at radius 2 is 2.07 bits per heavy atom. The fourth-order valence-corrected chi connectivity index (χ4v) is 2.45. The molecule has 1 heterocycles. The number of aliphatic hydroxyl groups excluding tert-OH is 2. The predicted molar refractivity (Wildman–Crippen MR) is 52.0 cm³/mol. The van der Waals surface area contributed by atoms with Crippen LogP contribution in [0.1, 0.15) is 19.3 Å². The van der Waals surface area contributed by atoms with Crippen LogP contribution in [0.15, 0.2) is 0 Å². The van der Waals surface area contributed by atoms with E-state index in [0.29, 0.717) is 25.2 Å². The summed E-state index contributed by atoms with van der Waals surface area (Å²) in [7, 11) is 0. The summed E-state index contributed by atoms with van der Waals surface area (Å²) in [6.07, 6.45) is 2.99. The quantitative estimate of drug-likeness (QED) is 0.576. The van der Waals surface area contributed by atoms with Gasteiger partial charge in [-0.3, -0.25) is 0 Å². The molecule has 0 spiro atoms. The smallest absolute Gasteiger partial charge is 0.0948 e. The van der Waals surface area contributed by atoms with Crippen LogP contribution in [0.2, 0.25) is 0 Å². The standard InChI is InChI=1S/C10H19NO3/c12-4-7-2-1-3-8(7)11-9-5-14-6-10(9)13/h7-13H,1-6H2/t7-,8-,9+,10+/m0/s1. The Kier molecular flexibility index (Phi) is 3.38. The fourth-order valence-electron chi connectivity index (χ4n) is 2.45. The summed E-state index contributed by atoms with van der Waals surface area (Å²) in [6.45, 7) is 1.28. The van der Waals surface area contributed by atoms with Crippen molar-refractivity contribution in [2.75, 3.05) is 19.8 Å². The van der Waals surface area contributed by atoms with Crippen molar-refractivity contribution in [3.63, 3.8) is 0 Å². The second kappa shape index (κ2) is 4.57. The van der Waals surface area contributed by atoms with Crippen LogP contribution < -0.4 is 5.32 Å². The maximum absolute atomic E-state index is 9.56. The molecule has 0 amide bonds. The third kappa shape index (κ3) is 2.08. The molecular formula is C10H19NO3. The van der Waals surface area contributed by atoms with Crippen LogP contribution >= 0.6 is 0 Å². The van der Waals surface area contributed by atoms with E-state index < -0.39 is 0 Å². The number of aliphatic hydroxyl groups is 2. The maximum atomic E-state index is 9.56. The molecule has 0 aromatic rings. The Bertz CT molecular complexity index is 188. The molecular weight excluding hydrogens is 182 g/mol. The van der Waals surface area contributed by atoms with Crippen molar-refractivity contribution in [2.45, 2.75) is 37.5 Å². The van der Waals surface area contributed by atoms with Gasteiger partial charge in [0.1, 0.15) is 0 Å². The van der Waals surface area contributed by atoms with Gasteiger partial charge < -0.3 is 20.3 Å². The Morgan fingerprint density at radius 1 is 1.21 bits per heavy atom. The molecule has 1 saturated heterocycles. The summed E-state index contributed by atoms with van der Waals surface area (Å²) in [5, 5.41) is 22.1. The molecule has 4 nitrogen and oxygen atoms in total. The molecule has 3 N–H and O–H groups in total. The van der Waals surface area contributed by atoms with Crippen LogP contribution in [0.3, 0.4) is 0 Å². The third-order valence-electron chi connectivity index (χ3n) is 3.37. The van der Waals surface area contributed by atoms with Crippen LogP contribution in [0.25, 0.3) is 0 Å². The number of rotatable bonds is 3. The molecule has 1 aliphatic carbocycles. The highest BCUT2D eigenvalue weighted by Gasteiger charge is 2.33. The number of hydrogen-bond acceptors (Lipinski definition) is 4. The van der Waals surface area contributed by atoms with E-state index in [1.54, 1.807) is 0 Å². The molecule has 2 aliphatic rings. The zero-order valence-corrected chi connectivity index (χ0v) is 8.35. The number of hydrogen-bond donors (Lipinski definition) is 3. The zero-order chi connectivity index (χ0) is 9.97. The van der Waals surface area contributed by atoms with Crippen molar-refractivity contribution in [1.82, 2.24) is 5.32 Å². The summed E-state index contributed by atoms with van der Waals surface area (Å²) in [6, 6.07) is 0.425. The summed E-state index contributed by atoms with van der Waals surface area (Å²) >= 11 is 0. The summed E-state index contributed by atoms with van der Waals surface area (Å²) in [5.74, 6) is 0.364. The van der Waals surface area contributed by atoms with Gasteiger partial charge in [-0.25, -0.2) is 0 Å². The first-order valence-corrected chi connectivity index (χ1v) is 5.44. The molecule has 4 heteroatoms. The van der Waals surface area contributed by atoms with Gasteiger partial charge in [-0.2, -0.15) is 0 Å². The van der Waals surface area contributed by atoms with Crippen molar-refractivity contribution < 1.29 is 14.9 Å². The van der Waals surface area contributed by atoms with Crippen LogP contribution in [-0.2, 0) is 4.74 Å². The monoisotopic (exact) mass is 201 g/mol. The first-order chi connectivity index (χ1) is 6.81. The lowest BCUT2D eigenvalue weighted by Gasteiger charge is -2.24. The lowest BCUT2D eigenvalue weighted by Crippen LogP contribution is -2.46. The third-order valence-corrected chi connectivity index (χ3v) is 3.37. The zero-order valence-electron chi connectivity index (χ0n) is 8.35. The van der Waals surface area contributed by atoms with Gasteiger partial charge in [0.15, 0.2) is 0 Å². The first-order valence-electron chi connectivity index (χ1n) is 5.44. The molecule has 0 radical (unpaired) electrons. The van der Waals surface area contributed by atoms with Gasteiger partial charge in [-0.1, -0.05) is 6.42 Å². The number of nitrogens with one attached hydrogen (secondary N) is 1. The molecule has 4 atom stereocenters. The lowest BCUT2D eigenvalue weighted by molar-refractivity contribution is 0.118. The van der Waals surface area contributed by atoms with Crippen molar-refractivity contribution in [2.24, 2.45) is 5.92 Å². The SMILES string of the molecule is OC[C@@H]1CCC[C@@H]1N[C@@H]1COC[C@H]1O. The molecule has 1 saturated carbocycles. The maximum Gasteiger partial charge on any atom is 0.0948 e. The number of ether oxygens (including phenoxy) is 1. The van der Waals surface area contributed by atoms with E-state index in [1.807, 2.05) is 0 Å². The van der Waals surface area contributed by atoms with E-state index in [0.717, 1.165) is 12.8 Å². The van der Waals surface area contributed by atoms with Crippen LogP contribution in [0.5, 0.6) is 0 Å². The van der Waals surface area contributed by atoms with Gasteiger partial charge in [-0.15, -0.1) is 0 Å². The highest BCUT2D eigenvalue weighted by molar-refractivity contribution is 4.89. The van der Waals surface area contributed by atoms with Gasteiger partial charge in [-0.05, 0) is 18.8 Å². The molecule has 0 aromatic heterocycles. The summed E-state index contributed by atoms with van der Waals surface area (Å²) in [5.41, 5.74) is 0. The average Bonchev–Trinajstić information content (AvgIpc) is 2.77. The minimum Gasteiger partial charge on any atom is -0.396 e. The molecule has 14 heavy (non-hydrogen) atoms.